The standard InChI is InChI=1S/C12H9N.HI/c1-2-6-11-9(4-1)8-10-5-3-7-12(10)13-11;/h1-8,13H;1H. The zero-order chi connectivity index (χ0) is 8.67. The lowest BCUT2D eigenvalue weighted by Gasteiger charge is -2.03. The van der Waals surface area contributed by atoms with E-state index in [-0.39, 0.29) is 24.0 Å². The molecule has 0 radical (unpaired) electrons. The summed E-state index contributed by atoms with van der Waals surface area (Å²) in [5.41, 5.74) is 3.68. The average molecular weight is 295 g/mol. The van der Waals surface area contributed by atoms with Crippen LogP contribution in [0.4, 0.5) is 0 Å². The number of rotatable bonds is 0. The average Bonchev–Trinajstić information content (AvgIpc) is 2.61. The molecule has 70 valence electrons. The third-order valence-corrected chi connectivity index (χ3v) is 2.39. The van der Waals surface area contributed by atoms with Crippen molar-refractivity contribution >= 4 is 34.9 Å². The number of aromatic amines is 1. The summed E-state index contributed by atoms with van der Waals surface area (Å²) in [7, 11) is 0. The third-order valence-electron chi connectivity index (χ3n) is 2.39. The molecule has 0 spiro atoms. The van der Waals surface area contributed by atoms with E-state index in [1.165, 1.54) is 22.2 Å². The Morgan fingerprint density at radius 2 is 1.71 bits per heavy atom. The van der Waals surface area contributed by atoms with E-state index in [4.69, 9.17) is 0 Å². The summed E-state index contributed by atoms with van der Waals surface area (Å²) >= 11 is 0. The number of nitrogens with one attached hydrogen (secondary N) is 1. The smallest absolute Gasteiger partial charge is 0.0458 e. The van der Waals surface area contributed by atoms with Gasteiger partial charge in [0, 0.05) is 11.2 Å². The van der Waals surface area contributed by atoms with Gasteiger partial charge in [-0.15, -0.1) is 24.0 Å². The summed E-state index contributed by atoms with van der Waals surface area (Å²) in [6.07, 6.45) is 0. The Balaban J connectivity index is 0.000000750. The van der Waals surface area contributed by atoms with E-state index < -0.39 is 0 Å². The predicted octanol–water partition coefficient (Wildman–Crippen LogP) is 3.89. The van der Waals surface area contributed by atoms with Gasteiger partial charge in [0.05, 0.1) is 0 Å². The predicted molar refractivity (Wildman–Crippen MR) is 70.3 cm³/mol. The Hall–Kier alpha value is -1.03. The number of benzene rings is 1. The number of hydrogen-bond donors (Lipinski definition) is 1. The summed E-state index contributed by atoms with van der Waals surface area (Å²) in [5, 5.41) is 1.27. The van der Waals surface area contributed by atoms with Crippen molar-refractivity contribution in [3.63, 3.8) is 0 Å². The van der Waals surface area contributed by atoms with Crippen LogP contribution in [-0.2, 0) is 0 Å². The molecule has 0 amide bonds. The van der Waals surface area contributed by atoms with Crippen LogP contribution < -0.4 is 0 Å². The van der Waals surface area contributed by atoms with E-state index in [2.05, 4.69) is 47.4 Å². The van der Waals surface area contributed by atoms with Crippen LogP contribution in [0.5, 0.6) is 0 Å². The van der Waals surface area contributed by atoms with Crippen LogP contribution in [0.1, 0.15) is 0 Å². The maximum Gasteiger partial charge on any atom is 0.0458 e. The topological polar surface area (TPSA) is 15.8 Å². The normalized spacial score (nSPS) is 10.3. The molecule has 2 aliphatic rings. The molecule has 1 aromatic carbocycles. The minimum absolute atomic E-state index is 0. The first-order chi connectivity index (χ1) is 6.43. The van der Waals surface area contributed by atoms with Gasteiger partial charge in [0.1, 0.15) is 0 Å². The van der Waals surface area contributed by atoms with E-state index in [1.54, 1.807) is 0 Å². The van der Waals surface area contributed by atoms with E-state index >= 15 is 0 Å². The summed E-state index contributed by atoms with van der Waals surface area (Å²) in [4.78, 5) is 3.39. The van der Waals surface area contributed by atoms with Crippen LogP contribution in [-0.4, -0.2) is 4.98 Å². The van der Waals surface area contributed by atoms with Crippen LogP contribution >= 0.6 is 24.0 Å². The highest BCUT2D eigenvalue weighted by atomic mass is 127. The van der Waals surface area contributed by atoms with Gasteiger partial charge >= 0.3 is 0 Å². The van der Waals surface area contributed by atoms with Crippen LogP contribution in [0.15, 0.2) is 48.5 Å². The maximum atomic E-state index is 3.39. The minimum atomic E-state index is 0. The first-order valence-electron chi connectivity index (χ1n) is 4.40. The van der Waals surface area contributed by atoms with Gasteiger partial charge in [-0.1, -0.05) is 30.3 Å². The molecule has 0 atom stereocenters. The number of para-hydroxylation sites is 1. The lowest BCUT2D eigenvalue weighted by molar-refractivity contribution is 1.42. The number of halogens is 1. The SMILES string of the molecule is I.c1cc2cc3ccccc3[nH]c-2c1. The van der Waals surface area contributed by atoms with Crippen molar-refractivity contribution in [2.45, 2.75) is 0 Å². The Bertz CT molecular complexity index is 480. The molecule has 1 aliphatic heterocycles. The lowest BCUT2D eigenvalue weighted by atomic mass is 10.1. The first kappa shape index (κ1) is 9.52. The van der Waals surface area contributed by atoms with Gasteiger partial charge in [0.25, 0.3) is 0 Å². The van der Waals surface area contributed by atoms with Crippen molar-refractivity contribution < 1.29 is 0 Å². The molecule has 1 nitrogen and oxygen atoms in total. The number of hydrogen-bond acceptors (Lipinski definition) is 0. The highest BCUT2D eigenvalue weighted by Gasteiger charge is 2.02. The van der Waals surface area contributed by atoms with Crippen molar-refractivity contribution in [2.24, 2.45) is 0 Å². The molecular formula is C12H10IN. The lowest BCUT2D eigenvalue weighted by Crippen LogP contribution is -1.82. The van der Waals surface area contributed by atoms with Gasteiger partial charge in [-0.05, 0) is 29.1 Å². The zero-order valence-electron chi connectivity index (χ0n) is 7.53. The first-order valence-corrected chi connectivity index (χ1v) is 4.40. The van der Waals surface area contributed by atoms with Gasteiger partial charge in [0.15, 0.2) is 0 Å². The van der Waals surface area contributed by atoms with Crippen LogP contribution in [0.2, 0.25) is 0 Å². The number of H-pyrrole nitrogens is 1. The van der Waals surface area contributed by atoms with Gasteiger partial charge in [-0.25, -0.2) is 0 Å². The van der Waals surface area contributed by atoms with Gasteiger partial charge in [-0.2, -0.15) is 0 Å². The second-order valence-electron chi connectivity index (χ2n) is 3.25. The molecule has 3 rings (SSSR count). The molecule has 1 aliphatic carbocycles. The molecule has 1 N–H and O–H groups in total. The summed E-state index contributed by atoms with van der Waals surface area (Å²) < 4.78 is 0. The monoisotopic (exact) mass is 295 g/mol. The molecule has 0 saturated carbocycles. The summed E-state index contributed by atoms with van der Waals surface area (Å²) in [5.74, 6) is 0. The molecule has 0 fully saturated rings. The highest BCUT2D eigenvalue weighted by Crippen LogP contribution is 2.24. The molecule has 1 aromatic rings. The van der Waals surface area contributed by atoms with E-state index in [0.717, 1.165) is 0 Å². The Morgan fingerprint density at radius 1 is 0.857 bits per heavy atom. The highest BCUT2D eigenvalue weighted by molar-refractivity contribution is 14.0. The van der Waals surface area contributed by atoms with Crippen molar-refractivity contribution in [1.82, 2.24) is 4.98 Å². The molecule has 1 heterocycles. The Kier molecular flexibility index (Phi) is 2.46. The van der Waals surface area contributed by atoms with Crippen LogP contribution in [0, 0.1) is 0 Å². The fraction of sp³-hybridized carbons (Fsp3) is 0. The van der Waals surface area contributed by atoms with Crippen molar-refractivity contribution in [1.29, 1.82) is 0 Å². The molecule has 14 heavy (non-hydrogen) atoms. The van der Waals surface area contributed by atoms with E-state index in [9.17, 15) is 0 Å². The van der Waals surface area contributed by atoms with E-state index in [1.807, 2.05) is 6.07 Å². The molecule has 2 heteroatoms. The van der Waals surface area contributed by atoms with Crippen LogP contribution in [0.3, 0.4) is 0 Å². The van der Waals surface area contributed by atoms with Crippen molar-refractivity contribution in [3.05, 3.63) is 48.5 Å². The Morgan fingerprint density at radius 3 is 2.64 bits per heavy atom. The van der Waals surface area contributed by atoms with Crippen LogP contribution in [0.25, 0.3) is 22.2 Å². The second kappa shape index (κ2) is 3.61. The molecule has 0 saturated heterocycles. The maximum absolute atomic E-state index is 3.39. The largest absolute Gasteiger partial charge is 0.355 e. The van der Waals surface area contributed by atoms with Crippen molar-refractivity contribution in [3.8, 4) is 11.3 Å². The van der Waals surface area contributed by atoms with Crippen molar-refractivity contribution in [2.75, 3.05) is 0 Å². The third kappa shape index (κ3) is 1.39. The number of pyridine rings is 1. The molecule has 0 aromatic heterocycles. The number of fused-ring (bicyclic) bond motifs is 2. The minimum Gasteiger partial charge on any atom is -0.355 e. The quantitative estimate of drug-likeness (QED) is 0.606. The summed E-state index contributed by atoms with van der Waals surface area (Å²) in [6.45, 7) is 0. The number of aromatic nitrogens is 1. The molecule has 0 unspecified atom stereocenters. The fourth-order valence-corrected chi connectivity index (χ4v) is 1.72. The van der Waals surface area contributed by atoms with E-state index in [0.29, 0.717) is 0 Å². The van der Waals surface area contributed by atoms with Gasteiger partial charge in [0.2, 0.25) is 0 Å². The second-order valence-corrected chi connectivity index (χ2v) is 3.25. The Labute approximate surface area is 99.5 Å². The van der Waals surface area contributed by atoms with Gasteiger partial charge < -0.3 is 4.98 Å². The zero-order valence-corrected chi connectivity index (χ0v) is 9.86. The molecule has 0 bridgehead atoms. The fourth-order valence-electron chi connectivity index (χ4n) is 1.72. The molecular weight excluding hydrogens is 285 g/mol. The van der Waals surface area contributed by atoms with Gasteiger partial charge in [-0.3, -0.25) is 0 Å². The summed E-state index contributed by atoms with van der Waals surface area (Å²) in [6, 6.07) is 16.8.